The molecule has 0 spiro atoms. The maximum atomic E-state index is 12.2. The van der Waals surface area contributed by atoms with Gasteiger partial charge in [-0.1, -0.05) is 22.9 Å². The molecule has 10 heteroatoms. The van der Waals surface area contributed by atoms with E-state index in [0.717, 1.165) is 0 Å². The number of hydrogen-bond donors (Lipinski definition) is 1. The van der Waals surface area contributed by atoms with E-state index in [2.05, 4.69) is 10.3 Å². The van der Waals surface area contributed by atoms with E-state index in [-0.39, 0.29) is 23.3 Å². The number of carboxylic acid groups (broad SMARTS) is 1. The van der Waals surface area contributed by atoms with Crippen molar-refractivity contribution < 1.29 is 14.7 Å². The van der Waals surface area contributed by atoms with Gasteiger partial charge in [-0.15, -0.1) is 16.4 Å². The lowest BCUT2D eigenvalue weighted by Crippen LogP contribution is -2.16. The zero-order valence-electron chi connectivity index (χ0n) is 15.9. The number of thiophene rings is 1. The van der Waals surface area contributed by atoms with Crippen LogP contribution in [0.2, 0.25) is 4.34 Å². The number of carbonyl (C=O) groups is 2. The van der Waals surface area contributed by atoms with E-state index in [0.29, 0.717) is 32.7 Å². The molecule has 3 heterocycles. The summed E-state index contributed by atoms with van der Waals surface area (Å²) in [7, 11) is 0. The number of aryl methyl sites for hydroxylation is 1. The van der Waals surface area contributed by atoms with E-state index < -0.39 is 5.97 Å². The number of Topliss-reactive ketones (excluding diaryl/α,β-unsaturated/α-hetero) is 1. The largest absolute Gasteiger partial charge is 0.478 e. The first kappa shape index (κ1) is 20.7. The number of ketones is 1. The Balaban J connectivity index is 1.58. The zero-order valence-corrected chi connectivity index (χ0v) is 17.5. The number of nitrogens with zero attached hydrogens (tertiary/aromatic N) is 4. The van der Waals surface area contributed by atoms with Crippen LogP contribution >= 0.6 is 22.9 Å². The van der Waals surface area contributed by atoms with Crippen LogP contribution in [0.4, 0.5) is 0 Å². The molecule has 0 aliphatic rings. The van der Waals surface area contributed by atoms with E-state index in [4.69, 9.17) is 11.6 Å². The molecule has 0 aliphatic carbocycles. The van der Waals surface area contributed by atoms with Crippen molar-refractivity contribution in [3.05, 3.63) is 91.7 Å². The molecule has 0 bridgehead atoms. The smallest absolute Gasteiger partial charge is 0.337 e. The van der Waals surface area contributed by atoms with Gasteiger partial charge in [-0.25, -0.2) is 9.48 Å². The van der Waals surface area contributed by atoms with E-state index in [1.165, 1.54) is 32.7 Å². The Labute approximate surface area is 185 Å². The molecule has 0 radical (unpaired) electrons. The first-order valence-corrected chi connectivity index (χ1v) is 10.4. The minimum absolute atomic E-state index is 0.0333. The third-order valence-electron chi connectivity index (χ3n) is 4.56. The minimum atomic E-state index is -1.16. The first-order chi connectivity index (χ1) is 14.9. The summed E-state index contributed by atoms with van der Waals surface area (Å²) < 4.78 is 3.26. The Hall–Kier alpha value is -3.56. The number of benzene rings is 1. The third-order valence-corrected chi connectivity index (χ3v) is 5.83. The van der Waals surface area contributed by atoms with Gasteiger partial charge in [0.25, 0.3) is 5.56 Å². The number of aromatic carboxylic acids is 1. The van der Waals surface area contributed by atoms with Gasteiger partial charge < -0.3 is 5.11 Å². The Bertz CT molecular complexity index is 1340. The van der Waals surface area contributed by atoms with Crippen LogP contribution in [0.1, 0.15) is 32.1 Å². The molecule has 156 valence electrons. The quantitative estimate of drug-likeness (QED) is 0.427. The summed E-state index contributed by atoms with van der Waals surface area (Å²) in [6.07, 6.45) is 3.74. The standard InChI is InChI=1S/C21H15ClN4O4S/c22-19-9-8-18(31-19)17(27)7-4-13-12-26(24-23-13)16-6-5-14(11-15(16)21(29)30)25-10-2-1-3-20(25)28/h1-3,5-6,8-12H,4,7H2,(H,29,30). The zero-order chi connectivity index (χ0) is 22.0. The second-order valence-corrected chi connectivity index (χ2v) is 8.31. The topological polar surface area (TPSA) is 107 Å². The predicted molar refractivity (Wildman–Crippen MR) is 116 cm³/mol. The van der Waals surface area contributed by atoms with Crippen LogP contribution in [0, 0.1) is 0 Å². The third kappa shape index (κ3) is 4.47. The van der Waals surface area contributed by atoms with Crippen molar-refractivity contribution in [2.24, 2.45) is 0 Å². The van der Waals surface area contributed by atoms with Gasteiger partial charge in [0.2, 0.25) is 0 Å². The van der Waals surface area contributed by atoms with Gasteiger partial charge in [0.1, 0.15) is 0 Å². The molecule has 4 rings (SSSR count). The highest BCUT2D eigenvalue weighted by Crippen LogP contribution is 2.23. The maximum Gasteiger partial charge on any atom is 0.337 e. The van der Waals surface area contributed by atoms with Crippen molar-refractivity contribution in [1.29, 1.82) is 0 Å². The van der Waals surface area contributed by atoms with Gasteiger partial charge >= 0.3 is 5.97 Å². The number of aromatic nitrogens is 4. The van der Waals surface area contributed by atoms with Gasteiger partial charge in [-0.2, -0.15) is 0 Å². The van der Waals surface area contributed by atoms with Crippen LogP contribution in [0.3, 0.4) is 0 Å². The van der Waals surface area contributed by atoms with Gasteiger partial charge in [-0.05, 0) is 36.4 Å². The molecule has 8 nitrogen and oxygen atoms in total. The summed E-state index contributed by atoms with van der Waals surface area (Å²) in [6, 6.07) is 12.7. The molecule has 0 saturated heterocycles. The molecule has 0 unspecified atom stereocenters. The fourth-order valence-electron chi connectivity index (χ4n) is 3.05. The Morgan fingerprint density at radius 3 is 2.68 bits per heavy atom. The highest BCUT2D eigenvalue weighted by Gasteiger charge is 2.16. The molecular weight excluding hydrogens is 440 g/mol. The Morgan fingerprint density at radius 1 is 1.13 bits per heavy atom. The number of pyridine rings is 1. The highest BCUT2D eigenvalue weighted by molar-refractivity contribution is 7.18. The van der Waals surface area contributed by atoms with Crippen LogP contribution in [0.25, 0.3) is 11.4 Å². The van der Waals surface area contributed by atoms with E-state index in [1.54, 1.807) is 48.8 Å². The molecule has 0 fully saturated rings. The van der Waals surface area contributed by atoms with Crippen LogP contribution in [0.15, 0.2) is 65.7 Å². The molecule has 4 aromatic rings. The number of halogens is 1. The van der Waals surface area contributed by atoms with Crippen molar-refractivity contribution in [2.75, 3.05) is 0 Å². The van der Waals surface area contributed by atoms with Gasteiger partial charge in [0, 0.05) is 30.8 Å². The Morgan fingerprint density at radius 2 is 1.97 bits per heavy atom. The van der Waals surface area contributed by atoms with Gasteiger partial charge in [0.05, 0.1) is 32.4 Å². The number of hydrogen-bond acceptors (Lipinski definition) is 6. The summed E-state index contributed by atoms with van der Waals surface area (Å²) in [6.45, 7) is 0. The molecule has 0 saturated carbocycles. The number of rotatable bonds is 7. The molecule has 0 amide bonds. The summed E-state index contributed by atoms with van der Waals surface area (Å²) in [5, 5.41) is 17.7. The summed E-state index contributed by atoms with van der Waals surface area (Å²) in [5.41, 5.74) is 0.971. The molecule has 3 aromatic heterocycles. The molecular formula is C21H15ClN4O4S. The van der Waals surface area contributed by atoms with Crippen LogP contribution in [0.5, 0.6) is 0 Å². The predicted octanol–water partition coefficient (Wildman–Crippen LogP) is 3.65. The van der Waals surface area contributed by atoms with Crippen molar-refractivity contribution in [1.82, 2.24) is 19.6 Å². The monoisotopic (exact) mass is 454 g/mol. The average molecular weight is 455 g/mol. The first-order valence-electron chi connectivity index (χ1n) is 9.18. The van der Waals surface area contributed by atoms with E-state index >= 15 is 0 Å². The van der Waals surface area contributed by atoms with Crippen molar-refractivity contribution in [2.45, 2.75) is 12.8 Å². The highest BCUT2D eigenvalue weighted by atomic mass is 35.5. The summed E-state index contributed by atoms with van der Waals surface area (Å²) in [5.74, 6) is -1.21. The molecule has 0 aliphatic heterocycles. The fraction of sp³-hybridized carbons (Fsp3) is 0.0952. The second-order valence-electron chi connectivity index (χ2n) is 6.60. The van der Waals surface area contributed by atoms with Crippen LogP contribution < -0.4 is 5.56 Å². The van der Waals surface area contributed by atoms with Gasteiger partial charge in [-0.3, -0.25) is 14.2 Å². The Kier molecular flexibility index (Phi) is 5.79. The normalized spacial score (nSPS) is 10.9. The number of carboxylic acids is 1. The lowest BCUT2D eigenvalue weighted by Gasteiger charge is -2.10. The van der Waals surface area contributed by atoms with Gasteiger partial charge in [0.15, 0.2) is 5.78 Å². The SMILES string of the molecule is O=C(CCc1cn(-c2ccc(-n3ccccc3=O)cc2C(=O)O)nn1)c1ccc(Cl)s1. The summed E-state index contributed by atoms with van der Waals surface area (Å²) >= 11 is 7.09. The van der Waals surface area contributed by atoms with Crippen molar-refractivity contribution in [3.63, 3.8) is 0 Å². The van der Waals surface area contributed by atoms with E-state index in [9.17, 15) is 19.5 Å². The average Bonchev–Trinajstić information content (AvgIpc) is 3.41. The molecule has 1 N–H and O–H groups in total. The van der Waals surface area contributed by atoms with Crippen LogP contribution in [-0.2, 0) is 6.42 Å². The summed E-state index contributed by atoms with van der Waals surface area (Å²) in [4.78, 5) is 36.7. The molecule has 0 atom stereocenters. The fourth-order valence-corrected chi connectivity index (χ4v) is 4.06. The number of carbonyl (C=O) groups excluding carboxylic acids is 1. The maximum absolute atomic E-state index is 12.2. The van der Waals surface area contributed by atoms with Crippen LogP contribution in [-0.4, -0.2) is 36.4 Å². The van der Waals surface area contributed by atoms with Crippen molar-refractivity contribution >= 4 is 34.7 Å². The minimum Gasteiger partial charge on any atom is -0.478 e. The molecule has 31 heavy (non-hydrogen) atoms. The second kappa shape index (κ2) is 8.66. The lowest BCUT2D eigenvalue weighted by molar-refractivity contribution is 0.0696. The van der Waals surface area contributed by atoms with Crippen molar-refractivity contribution in [3.8, 4) is 11.4 Å². The van der Waals surface area contributed by atoms with E-state index in [1.807, 2.05) is 0 Å². The molecule has 1 aromatic carbocycles. The lowest BCUT2D eigenvalue weighted by atomic mass is 10.1.